The van der Waals surface area contributed by atoms with Gasteiger partial charge in [0.1, 0.15) is 0 Å². The van der Waals surface area contributed by atoms with Crippen molar-refractivity contribution in [3.63, 3.8) is 0 Å². The molecule has 0 aliphatic heterocycles. The summed E-state index contributed by atoms with van der Waals surface area (Å²) in [5, 5.41) is 24.1. The molecule has 0 aliphatic rings. The van der Waals surface area contributed by atoms with E-state index >= 15 is 0 Å². The maximum absolute atomic E-state index is 11.2. The van der Waals surface area contributed by atoms with Gasteiger partial charge in [0.05, 0.1) is 0 Å². The monoisotopic (exact) mass is 209 g/mol. The fraction of sp³-hybridized carbons (Fsp3) is 0. The van der Waals surface area contributed by atoms with Gasteiger partial charge in [0, 0.05) is 5.90 Å². The largest absolute Gasteiger partial charge is 1.00 e. The predicted molar refractivity (Wildman–Crippen MR) is 52.3 cm³/mol. The second-order valence-corrected chi connectivity index (χ2v) is 2.93. The van der Waals surface area contributed by atoms with Crippen molar-refractivity contribution in [3.05, 3.63) is 48.0 Å². The van der Waals surface area contributed by atoms with Crippen LogP contribution in [0.1, 0.15) is 5.56 Å². The molecular weight excluding hydrogens is 201 g/mol. The van der Waals surface area contributed by atoms with Crippen molar-refractivity contribution >= 4 is 16.7 Å². The van der Waals surface area contributed by atoms with Gasteiger partial charge < -0.3 is 10.3 Å². The summed E-state index contributed by atoms with van der Waals surface area (Å²) in [6.07, 6.45) is 0. The zero-order valence-electron chi connectivity index (χ0n) is 8.34. The fourth-order valence-corrected chi connectivity index (χ4v) is 1.47. The maximum atomic E-state index is 11.2. The fourth-order valence-electron chi connectivity index (χ4n) is 1.47. The van der Waals surface area contributed by atoms with E-state index in [0.29, 0.717) is 5.56 Å². The van der Waals surface area contributed by atoms with Gasteiger partial charge >= 0.3 is 29.6 Å². The van der Waals surface area contributed by atoms with Crippen molar-refractivity contribution in [1.29, 1.82) is 0 Å². The molecular formula is C11H8NNaO2. The number of rotatable bonds is 1. The zero-order valence-corrected chi connectivity index (χ0v) is 10.3. The number of hydrogen-bond acceptors (Lipinski definition) is 3. The molecule has 0 atom stereocenters. The van der Waals surface area contributed by atoms with Crippen LogP contribution in [0.15, 0.2) is 47.6 Å². The van der Waals surface area contributed by atoms with Crippen molar-refractivity contribution in [1.82, 2.24) is 0 Å². The Balaban J connectivity index is 0.00000112. The van der Waals surface area contributed by atoms with E-state index in [9.17, 15) is 5.11 Å². The first kappa shape index (κ1) is 12.0. The number of oxime groups is 1. The van der Waals surface area contributed by atoms with Crippen molar-refractivity contribution in [3.8, 4) is 0 Å². The molecule has 0 saturated heterocycles. The smallest absolute Gasteiger partial charge is 0.856 e. The molecule has 0 saturated carbocycles. The van der Waals surface area contributed by atoms with Crippen LogP contribution >= 0.6 is 0 Å². The van der Waals surface area contributed by atoms with Crippen molar-refractivity contribution in [2.75, 3.05) is 0 Å². The Kier molecular flexibility index (Phi) is 4.15. The van der Waals surface area contributed by atoms with Crippen LogP contribution in [0, 0.1) is 0 Å². The van der Waals surface area contributed by atoms with Gasteiger partial charge in [0.25, 0.3) is 0 Å². The van der Waals surface area contributed by atoms with E-state index in [-0.39, 0.29) is 29.6 Å². The van der Waals surface area contributed by atoms with Crippen molar-refractivity contribution < 1.29 is 39.9 Å². The first-order valence-electron chi connectivity index (χ1n) is 4.20. The number of fused-ring (bicyclic) bond motifs is 1. The van der Waals surface area contributed by atoms with Gasteiger partial charge in [0.15, 0.2) is 0 Å². The Bertz CT molecular complexity index is 491. The molecule has 2 aromatic rings. The standard InChI is InChI=1S/C11H9NO2.Na/c13-11(12-14)10-7-3-5-8-4-1-2-6-9(8)10;/h1-7,14H,(H,12,13);/q;+1/p-1. The molecule has 0 amide bonds. The molecule has 0 spiro atoms. The molecule has 1 N–H and O–H groups in total. The summed E-state index contributed by atoms with van der Waals surface area (Å²) in [7, 11) is 0. The van der Waals surface area contributed by atoms with Crippen LogP contribution in [0.5, 0.6) is 0 Å². The quantitative estimate of drug-likeness (QED) is 0.201. The summed E-state index contributed by atoms with van der Waals surface area (Å²) in [5.74, 6) is -0.609. The Morgan fingerprint density at radius 1 is 1.07 bits per heavy atom. The van der Waals surface area contributed by atoms with E-state index in [1.807, 2.05) is 30.3 Å². The minimum Gasteiger partial charge on any atom is -0.856 e. The van der Waals surface area contributed by atoms with Crippen LogP contribution in [0.4, 0.5) is 0 Å². The molecule has 70 valence electrons. The normalized spacial score (nSPS) is 11.1. The molecule has 0 aliphatic carbocycles. The predicted octanol–water partition coefficient (Wildman–Crippen LogP) is -1.66. The van der Waals surface area contributed by atoms with Gasteiger partial charge in [-0.05, 0) is 16.3 Å². The SMILES string of the molecule is [Na+].[O-]C(=NO)c1cccc2ccccc12. The molecule has 0 radical (unpaired) electrons. The first-order valence-corrected chi connectivity index (χ1v) is 4.20. The average Bonchev–Trinajstić information content (AvgIpc) is 2.27. The average molecular weight is 209 g/mol. The van der Waals surface area contributed by atoms with Crippen LogP contribution in [0.25, 0.3) is 10.8 Å². The zero-order chi connectivity index (χ0) is 9.97. The third-order valence-electron chi connectivity index (χ3n) is 2.11. The summed E-state index contributed by atoms with van der Waals surface area (Å²) in [6.45, 7) is 0. The van der Waals surface area contributed by atoms with Crippen molar-refractivity contribution in [2.24, 2.45) is 5.16 Å². The topological polar surface area (TPSA) is 55.7 Å². The second-order valence-electron chi connectivity index (χ2n) is 2.93. The molecule has 0 bridgehead atoms. The minimum atomic E-state index is -0.609. The molecule has 4 heteroatoms. The molecule has 0 heterocycles. The Hall–Kier alpha value is -1.03. The van der Waals surface area contributed by atoms with E-state index in [1.165, 1.54) is 0 Å². The van der Waals surface area contributed by atoms with Crippen LogP contribution in [0.3, 0.4) is 0 Å². The van der Waals surface area contributed by atoms with Crippen LogP contribution < -0.4 is 34.7 Å². The molecule has 3 nitrogen and oxygen atoms in total. The summed E-state index contributed by atoms with van der Waals surface area (Å²) in [5.41, 5.74) is 0.422. The van der Waals surface area contributed by atoms with Crippen molar-refractivity contribution in [2.45, 2.75) is 0 Å². The van der Waals surface area contributed by atoms with Crippen LogP contribution in [-0.4, -0.2) is 11.1 Å². The van der Waals surface area contributed by atoms with E-state index in [4.69, 9.17) is 5.21 Å². The van der Waals surface area contributed by atoms with E-state index in [2.05, 4.69) is 5.16 Å². The van der Waals surface area contributed by atoms with Crippen LogP contribution in [-0.2, 0) is 0 Å². The third kappa shape index (κ3) is 2.31. The number of benzene rings is 2. The third-order valence-corrected chi connectivity index (χ3v) is 2.11. The molecule has 0 aromatic heterocycles. The minimum absolute atomic E-state index is 0. The number of nitrogens with zero attached hydrogens (tertiary/aromatic N) is 1. The molecule has 2 aromatic carbocycles. The Labute approximate surface area is 109 Å². The van der Waals surface area contributed by atoms with Gasteiger partial charge in [-0.25, -0.2) is 0 Å². The second kappa shape index (κ2) is 5.16. The van der Waals surface area contributed by atoms with Gasteiger partial charge in [-0.3, -0.25) is 0 Å². The first-order chi connectivity index (χ1) is 6.83. The van der Waals surface area contributed by atoms with Crippen LogP contribution in [0.2, 0.25) is 0 Å². The maximum Gasteiger partial charge on any atom is 1.00 e. The summed E-state index contributed by atoms with van der Waals surface area (Å²) < 4.78 is 0. The Morgan fingerprint density at radius 3 is 2.47 bits per heavy atom. The van der Waals surface area contributed by atoms with Gasteiger partial charge in [-0.2, -0.15) is 0 Å². The molecule has 0 unspecified atom stereocenters. The van der Waals surface area contributed by atoms with E-state index in [1.54, 1.807) is 12.1 Å². The van der Waals surface area contributed by atoms with E-state index < -0.39 is 5.90 Å². The summed E-state index contributed by atoms with van der Waals surface area (Å²) in [6, 6.07) is 12.8. The van der Waals surface area contributed by atoms with Gasteiger partial charge in [-0.1, -0.05) is 42.5 Å². The Morgan fingerprint density at radius 2 is 1.73 bits per heavy atom. The number of hydrogen-bond donors (Lipinski definition) is 1. The molecule has 0 fully saturated rings. The molecule has 15 heavy (non-hydrogen) atoms. The summed E-state index contributed by atoms with van der Waals surface area (Å²) >= 11 is 0. The van der Waals surface area contributed by atoms with Gasteiger partial charge in [-0.15, -0.1) is 5.16 Å². The molecule has 2 rings (SSSR count). The van der Waals surface area contributed by atoms with Gasteiger partial charge in [0.2, 0.25) is 0 Å². The summed E-state index contributed by atoms with van der Waals surface area (Å²) in [4.78, 5) is 0. The van der Waals surface area contributed by atoms with E-state index in [0.717, 1.165) is 10.8 Å².